The average Bonchev–Trinajstić information content (AvgIpc) is 2.99. The minimum absolute atomic E-state index is 0. The van der Waals surface area contributed by atoms with Gasteiger partial charge < -0.3 is 21.5 Å². The van der Waals surface area contributed by atoms with Gasteiger partial charge in [0.05, 0.1) is 24.3 Å². The molecule has 0 aliphatic heterocycles. The number of ether oxygens (including phenoxy) is 2. The summed E-state index contributed by atoms with van der Waals surface area (Å²) in [5, 5.41) is 36.2. The monoisotopic (exact) mass is 618 g/mol. The molecule has 0 radical (unpaired) electrons. The van der Waals surface area contributed by atoms with Gasteiger partial charge in [0.1, 0.15) is 23.6 Å². The summed E-state index contributed by atoms with van der Waals surface area (Å²) in [4.78, 5) is 10.7. The number of nitriles is 2. The zero-order valence-corrected chi connectivity index (χ0v) is 26.9. The summed E-state index contributed by atoms with van der Waals surface area (Å²) in [5.74, 6) is 0.719. The number of hydrogen-bond acceptors (Lipinski definition) is 8. The van der Waals surface area contributed by atoms with E-state index in [0.717, 1.165) is 67.4 Å². The summed E-state index contributed by atoms with van der Waals surface area (Å²) in [6.07, 6.45) is 3.06. The topological polar surface area (TPSA) is 155 Å². The number of unbranched alkanes of at least 4 members (excludes halogenated alkanes) is 2. The second-order valence-corrected chi connectivity index (χ2v) is 10.1. The van der Waals surface area contributed by atoms with E-state index in [1.807, 2.05) is 60.7 Å². The molecule has 0 spiro atoms. The van der Waals surface area contributed by atoms with Gasteiger partial charge in [-0.1, -0.05) is 36.4 Å². The molecular formula is C33H27N2NaO7S. The summed E-state index contributed by atoms with van der Waals surface area (Å²) >= 11 is 0. The number of rotatable bonds is 10. The zero-order valence-electron chi connectivity index (χ0n) is 24.1. The SMILES string of the molecule is O=S(=O)=O.[CH2-]CCOc1ccc2c(ccc3c(C#N)c(C#N)c4ccc5cc(OCCCCCC(=O)O)ccc5c4c32)c1.[Na+]. The number of hydrogen-bond donors (Lipinski definition) is 1. The van der Waals surface area contributed by atoms with Gasteiger partial charge in [0.15, 0.2) is 0 Å². The molecule has 0 saturated carbocycles. The summed E-state index contributed by atoms with van der Waals surface area (Å²) in [6, 6.07) is 24.2. The van der Waals surface area contributed by atoms with E-state index in [-0.39, 0.29) is 36.0 Å². The predicted molar refractivity (Wildman–Crippen MR) is 163 cm³/mol. The van der Waals surface area contributed by atoms with Gasteiger partial charge in [0.2, 0.25) is 0 Å². The van der Waals surface area contributed by atoms with Crippen LogP contribution in [-0.2, 0) is 15.4 Å². The fourth-order valence-corrected chi connectivity index (χ4v) is 5.19. The number of carboxylic acid groups (broad SMARTS) is 1. The van der Waals surface area contributed by atoms with Crippen LogP contribution in [0.4, 0.5) is 0 Å². The van der Waals surface area contributed by atoms with Gasteiger partial charge in [-0.3, -0.25) is 4.79 Å². The van der Waals surface area contributed by atoms with E-state index in [1.54, 1.807) is 0 Å². The molecule has 0 saturated heterocycles. The van der Waals surface area contributed by atoms with Crippen LogP contribution >= 0.6 is 0 Å². The molecule has 11 heteroatoms. The second-order valence-electron chi connectivity index (χ2n) is 9.67. The van der Waals surface area contributed by atoms with Crippen LogP contribution in [-0.4, -0.2) is 36.9 Å². The molecule has 0 aliphatic rings. The first-order valence-electron chi connectivity index (χ1n) is 13.5. The molecule has 5 aromatic carbocycles. The van der Waals surface area contributed by atoms with E-state index in [9.17, 15) is 15.3 Å². The second kappa shape index (κ2) is 16.0. The Morgan fingerprint density at radius 3 is 1.61 bits per heavy atom. The number of nitrogens with zero attached hydrogens (tertiary/aromatic N) is 2. The van der Waals surface area contributed by atoms with Gasteiger partial charge in [-0.15, -0.1) is 19.0 Å². The van der Waals surface area contributed by atoms with Crippen LogP contribution in [0.3, 0.4) is 0 Å². The zero-order chi connectivity index (χ0) is 30.9. The molecule has 0 atom stereocenters. The Hall–Kier alpha value is -4.19. The number of carbonyl (C=O) groups is 1. The van der Waals surface area contributed by atoms with Crippen LogP contribution in [0, 0.1) is 29.6 Å². The summed E-state index contributed by atoms with van der Waals surface area (Å²) in [7, 11) is -3.11. The largest absolute Gasteiger partial charge is 1.00 e. The molecule has 0 aliphatic carbocycles. The van der Waals surface area contributed by atoms with Crippen molar-refractivity contribution in [3.05, 3.63) is 78.7 Å². The van der Waals surface area contributed by atoms with Crippen molar-refractivity contribution < 1.29 is 61.6 Å². The van der Waals surface area contributed by atoms with Crippen LogP contribution in [0.1, 0.15) is 43.2 Å². The van der Waals surface area contributed by atoms with Crippen molar-refractivity contribution in [1.82, 2.24) is 0 Å². The number of carboxylic acids is 1. The van der Waals surface area contributed by atoms with Crippen molar-refractivity contribution in [2.24, 2.45) is 0 Å². The van der Waals surface area contributed by atoms with Crippen molar-refractivity contribution in [1.29, 1.82) is 10.5 Å². The van der Waals surface area contributed by atoms with Gasteiger partial charge in [0.25, 0.3) is 0 Å². The standard InChI is InChI=1S/C33H27N2O4.Na.O3S/c1-2-15-38-23-9-13-25-21(17-23)7-11-27-29(19-34)30(20-35)28-12-8-22-18-24(10-14-26(22)33(28)32(25)27)39-16-5-3-4-6-31(36)37;;1-4(2)3/h7-14,17-18H,1-6,15-16H2,(H,36,37);;/q-1;+1;. The molecule has 44 heavy (non-hydrogen) atoms. The molecule has 218 valence electrons. The molecule has 0 aromatic heterocycles. The number of fused-ring (bicyclic) bond motifs is 7. The molecule has 0 fully saturated rings. The van der Waals surface area contributed by atoms with Gasteiger partial charge in [0, 0.05) is 17.2 Å². The third-order valence-electron chi connectivity index (χ3n) is 6.96. The Balaban J connectivity index is 0.000000998. The van der Waals surface area contributed by atoms with E-state index in [0.29, 0.717) is 37.2 Å². The first-order valence-corrected chi connectivity index (χ1v) is 14.5. The normalized spacial score (nSPS) is 10.3. The Kier molecular flexibility index (Phi) is 12.5. The molecule has 1 N–H and O–H groups in total. The van der Waals surface area contributed by atoms with Gasteiger partial charge >= 0.3 is 46.1 Å². The van der Waals surface area contributed by atoms with Crippen LogP contribution in [0.2, 0.25) is 0 Å². The molecular weight excluding hydrogens is 591 g/mol. The average molecular weight is 619 g/mol. The molecule has 0 amide bonds. The van der Waals surface area contributed by atoms with Crippen molar-refractivity contribution in [2.75, 3.05) is 13.2 Å². The minimum atomic E-state index is -3.11. The van der Waals surface area contributed by atoms with Crippen LogP contribution in [0.15, 0.2) is 60.7 Å². The maximum atomic E-state index is 10.7. The van der Waals surface area contributed by atoms with Crippen LogP contribution < -0.4 is 39.0 Å². The Bertz CT molecular complexity index is 2040. The fourth-order valence-electron chi connectivity index (χ4n) is 5.19. The maximum absolute atomic E-state index is 10.7. The van der Waals surface area contributed by atoms with Gasteiger partial charge in [-0.05, 0) is 75.8 Å². The van der Waals surface area contributed by atoms with Crippen LogP contribution in [0.25, 0.3) is 43.1 Å². The van der Waals surface area contributed by atoms with Gasteiger partial charge in [-0.25, -0.2) is 0 Å². The Labute approximate surface area is 278 Å². The molecule has 9 nitrogen and oxygen atoms in total. The van der Waals surface area contributed by atoms with E-state index < -0.39 is 16.6 Å². The van der Waals surface area contributed by atoms with Crippen molar-refractivity contribution in [2.45, 2.75) is 32.1 Å². The molecule has 5 aromatic rings. The summed E-state index contributed by atoms with van der Waals surface area (Å²) in [6.45, 7) is 4.87. The first kappa shape index (κ1) is 34.3. The molecule has 5 rings (SSSR count). The summed E-state index contributed by atoms with van der Waals surface area (Å²) < 4.78 is 37.1. The van der Waals surface area contributed by atoms with Crippen molar-refractivity contribution in [3.63, 3.8) is 0 Å². The molecule has 0 bridgehead atoms. The first-order chi connectivity index (χ1) is 20.8. The van der Waals surface area contributed by atoms with E-state index in [2.05, 4.69) is 19.1 Å². The third-order valence-corrected chi connectivity index (χ3v) is 6.96. The van der Waals surface area contributed by atoms with E-state index >= 15 is 0 Å². The molecule has 0 unspecified atom stereocenters. The van der Waals surface area contributed by atoms with Crippen LogP contribution in [0.5, 0.6) is 11.5 Å². The maximum Gasteiger partial charge on any atom is 1.00 e. The summed E-state index contributed by atoms with van der Waals surface area (Å²) in [5.41, 5.74) is 0.750. The predicted octanol–water partition coefficient (Wildman–Crippen LogP) is 3.67. The van der Waals surface area contributed by atoms with Gasteiger partial charge in [-0.2, -0.15) is 10.5 Å². The third kappa shape index (κ3) is 7.85. The van der Waals surface area contributed by atoms with E-state index in [1.165, 1.54) is 0 Å². The fraction of sp³-hybridized carbons (Fsp3) is 0.212. The van der Waals surface area contributed by atoms with Crippen molar-refractivity contribution >= 4 is 59.7 Å². The Morgan fingerprint density at radius 1 is 0.727 bits per heavy atom. The minimum Gasteiger partial charge on any atom is -0.496 e. The van der Waals surface area contributed by atoms with E-state index in [4.69, 9.17) is 27.2 Å². The van der Waals surface area contributed by atoms with Crippen molar-refractivity contribution in [3.8, 4) is 23.6 Å². The smallest absolute Gasteiger partial charge is 0.496 e. The molecule has 0 heterocycles. The Morgan fingerprint density at radius 2 is 1.18 bits per heavy atom. The quantitative estimate of drug-likeness (QED) is 0.107. The number of aliphatic carboxylic acids is 1. The number of benzene rings is 5.